The van der Waals surface area contributed by atoms with E-state index < -0.39 is 16.1 Å². The average Bonchev–Trinajstić information content (AvgIpc) is 2.54. The normalized spacial score (nSPS) is 17.3. The molecular formula is C16H22N2O4S. The molecule has 6 nitrogen and oxygen atoms in total. The second kappa shape index (κ2) is 7.59. The molecule has 0 heterocycles. The van der Waals surface area contributed by atoms with Crippen molar-refractivity contribution in [2.24, 2.45) is 0 Å². The second-order valence-corrected chi connectivity index (χ2v) is 7.59. The van der Waals surface area contributed by atoms with E-state index in [0.29, 0.717) is 0 Å². The van der Waals surface area contributed by atoms with E-state index in [1.807, 2.05) is 4.72 Å². The van der Waals surface area contributed by atoms with E-state index in [4.69, 9.17) is 0 Å². The summed E-state index contributed by atoms with van der Waals surface area (Å²) in [4.78, 5) is 22.6. The van der Waals surface area contributed by atoms with E-state index in [0.717, 1.165) is 44.0 Å². The van der Waals surface area contributed by atoms with E-state index in [1.165, 1.54) is 12.1 Å². The Morgan fingerprint density at radius 1 is 1.17 bits per heavy atom. The van der Waals surface area contributed by atoms with Gasteiger partial charge in [-0.2, -0.15) is 0 Å². The molecule has 1 fully saturated rings. The molecule has 2 N–H and O–H groups in total. The third-order valence-electron chi connectivity index (χ3n) is 4.09. The topological polar surface area (TPSA) is 92.3 Å². The summed E-state index contributed by atoms with van der Waals surface area (Å²) >= 11 is 0. The Kier molecular flexibility index (Phi) is 5.76. The number of sulfonamides is 1. The van der Waals surface area contributed by atoms with Crippen molar-refractivity contribution in [3.63, 3.8) is 0 Å². The van der Waals surface area contributed by atoms with Gasteiger partial charge in [-0.3, -0.25) is 0 Å². The van der Waals surface area contributed by atoms with Crippen LogP contribution in [0, 0.1) is 0 Å². The van der Waals surface area contributed by atoms with Crippen LogP contribution in [0.15, 0.2) is 29.2 Å². The third kappa shape index (κ3) is 4.79. The quantitative estimate of drug-likeness (QED) is 0.806. The SMILES string of the molecule is CC(C=O)c1ccc(S(=O)(=O)NC(=O)NC2CCCCC2)cc1. The Bertz CT molecular complexity index is 649. The Morgan fingerprint density at radius 3 is 2.35 bits per heavy atom. The lowest BCUT2D eigenvalue weighted by Crippen LogP contribution is -2.45. The van der Waals surface area contributed by atoms with Crippen LogP contribution >= 0.6 is 0 Å². The molecule has 1 unspecified atom stereocenters. The maximum Gasteiger partial charge on any atom is 0.328 e. The number of carbonyl (C=O) groups excluding carboxylic acids is 2. The highest BCUT2D eigenvalue weighted by Crippen LogP contribution is 2.18. The molecule has 1 atom stereocenters. The van der Waals surface area contributed by atoms with Gasteiger partial charge in [-0.1, -0.05) is 38.3 Å². The summed E-state index contributed by atoms with van der Waals surface area (Å²) in [6.07, 6.45) is 5.81. The molecule has 2 rings (SSSR count). The van der Waals surface area contributed by atoms with Crippen LogP contribution in [0.2, 0.25) is 0 Å². The van der Waals surface area contributed by atoms with Crippen LogP contribution in [-0.4, -0.2) is 26.8 Å². The maximum atomic E-state index is 12.2. The molecule has 2 amide bonds. The molecule has 126 valence electrons. The Hall–Kier alpha value is -1.89. The zero-order chi connectivity index (χ0) is 16.9. The van der Waals surface area contributed by atoms with Crippen LogP contribution in [0.3, 0.4) is 0 Å². The Morgan fingerprint density at radius 2 is 1.78 bits per heavy atom. The number of carbonyl (C=O) groups is 2. The van der Waals surface area contributed by atoms with Crippen molar-refractivity contribution in [1.82, 2.24) is 10.0 Å². The first-order chi connectivity index (χ1) is 10.9. The van der Waals surface area contributed by atoms with Crippen LogP contribution in [-0.2, 0) is 14.8 Å². The summed E-state index contributed by atoms with van der Waals surface area (Å²) in [5.41, 5.74) is 0.727. The zero-order valence-corrected chi connectivity index (χ0v) is 13.9. The predicted molar refractivity (Wildman–Crippen MR) is 86.6 cm³/mol. The maximum absolute atomic E-state index is 12.2. The minimum atomic E-state index is -3.91. The largest absolute Gasteiger partial charge is 0.335 e. The standard InChI is InChI=1S/C16H22N2O4S/c1-12(11-19)13-7-9-15(10-8-13)23(21,22)18-16(20)17-14-5-3-2-4-6-14/h7-12,14H,2-6H2,1H3,(H2,17,18,20). The molecule has 1 aliphatic carbocycles. The van der Waals surface area contributed by atoms with Crippen molar-refractivity contribution in [2.45, 2.75) is 55.9 Å². The van der Waals surface area contributed by atoms with Gasteiger partial charge in [-0.25, -0.2) is 17.9 Å². The fraction of sp³-hybridized carbons (Fsp3) is 0.500. The first-order valence-corrected chi connectivity index (χ1v) is 9.29. The zero-order valence-electron chi connectivity index (χ0n) is 13.1. The van der Waals surface area contributed by atoms with Crippen molar-refractivity contribution < 1.29 is 18.0 Å². The smallest absolute Gasteiger partial charge is 0.328 e. The monoisotopic (exact) mass is 338 g/mol. The fourth-order valence-corrected chi connectivity index (χ4v) is 3.59. The van der Waals surface area contributed by atoms with E-state index >= 15 is 0 Å². The Balaban J connectivity index is 2.00. The number of hydrogen-bond donors (Lipinski definition) is 2. The van der Waals surface area contributed by atoms with Crippen LogP contribution in [0.4, 0.5) is 4.79 Å². The summed E-state index contributed by atoms with van der Waals surface area (Å²) in [5.74, 6) is -0.297. The van der Waals surface area contributed by atoms with Gasteiger partial charge in [-0.15, -0.1) is 0 Å². The van der Waals surface area contributed by atoms with Gasteiger partial charge in [0.25, 0.3) is 10.0 Å². The lowest BCUT2D eigenvalue weighted by molar-refractivity contribution is -0.108. The molecule has 0 saturated heterocycles. The highest BCUT2D eigenvalue weighted by Gasteiger charge is 2.21. The number of hydrogen-bond acceptors (Lipinski definition) is 4. The van der Waals surface area contributed by atoms with Crippen molar-refractivity contribution >= 4 is 22.3 Å². The van der Waals surface area contributed by atoms with Gasteiger partial charge >= 0.3 is 6.03 Å². The van der Waals surface area contributed by atoms with E-state index in [1.54, 1.807) is 19.1 Å². The van der Waals surface area contributed by atoms with Gasteiger partial charge in [0.2, 0.25) is 0 Å². The average molecular weight is 338 g/mol. The van der Waals surface area contributed by atoms with Crippen molar-refractivity contribution in [3.8, 4) is 0 Å². The lowest BCUT2D eigenvalue weighted by Gasteiger charge is -2.22. The molecule has 0 aliphatic heterocycles. The fourth-order valence-electron chi connectivity index (χ4n) is 2.67. The molecule has 0 radical (unpaired) electrons. The molecule has 23 heavy (non-hydrogen) atoms. The van der Waals surface area contributed by atoms with E-state index in [9.17, 15) is 18.0 Å². The third-order valence-corrected chi connectivity index (χ3v) is 5.43. The molecule has 1 aromatic rings. The van der Waals surface area contributed by atoms with Gasteiger partial charge in [-0.05, 0) is 30.5 Å². The molecule has 0 spiro atoms. The van der Waals surface area contributed by atoms with E-state index in [2.05, 4.69) is 5.32 Å². The summed E-state index contributed by atoms with van der Waals surface area (Å²) in [7, 11) is -3.91. The Labute approximate surface area is 136 Å². The summed E-state index contributed by atoms with van der Waals surface area (Å²) in [5, 5.41) is 2.71. The van der Waals surface area contributed by atoms with Crippen LogP contribution in [0.25, 0.3) is 0 Å². The van der Waals surface area contributed by atoms with Crippen LogP contribution in [0.5, 0.6) is 0 Å². The summed E-state index contributed by atoms with van der Waals surface area (Å²) < 4.78 is 26.4. The molecule has 1 aromatic carbocycles. The number of nitrogens with one attached hydrogen (secondary N) is 2. The highest BCUT2D eigenvalue weighted by molar-refractivity contribution is 7.90. The van der Waals surface area contributed by atoms with Crippen molar-refractivity contribution in [3.05, 3.63) is 29.8 Å². The van der Waals surface area contributed by atoms with Crippen molar-refractivity contribution in [2.75, 3.05) is 0 Å². The number of urea groups is 1. The lowest BCUT2D eigenvalue weighted by atomic mass is 9.96. The highest BCUT2D eigenvalue weighted by atomic mass is 32.2. The first kappa shape index (κ1) is 17.5. The first-order valence-electron chi connectivity index (χ1n) is 7.81. The van der Waals surface area contributed by atoms with Gasteiger partial charge in [0.15, 0.2) is 0 Å². The number of amides is 2. The minimum Gasteiger partial charge on any atom is -0.335 e. The summed E-state index contributed by atoms with van der Waals surface area (Å²) in [6, 6.07) is 5.29. The van der Waals surface area contributed by atoms with Gasteiger partial charge in [0.1, 0.15) is 6.29 Å². The van der Waals surface area contributed by atoms with E-state index in [-0.39, 0.29) is 16.9 Å². The van der Waals surface area contributed by atoms with Gasteiger partial charge in [0.05, 0.1) is 4.90 Å². The second-order valence-electron chi connectivity index (χ2n) is 5.91. The number of rotatable bonds is 5. The minimum absolute atomic E-state index is 0.00172. The predicted octanol–water partition coefficient (Wildman–Crippen LogP) is 2.31. The molecular weight excluding hydrogens is 316 g/mol. The molecule has 0 bridgehead atoms. The van der Waals surface area contributed by atoms with Gasteiger partial charge in [0, 0.05) is 12.0 Å². The number of aldehydes is 1. The molecule has 0 aromatic heterocycles. The van der Waals surface area contributed by atoms with Gasteiger partial charge < -0.3 is 10.1 Å². The van der Waals surface area contributed by atoms with Crippen LogP contribution < -0.4 is 10.0 Å². The van der Waals surface area contributed by atoms with Crippen LogP contribution in [0.1, 0.15) is 50.5 Å². The van der Waals surface area contributed by atoms with Crippen molar-refractivity contribution in [1.29, 1.82) is 0 Å². The molecule has 7 heteroatoms. The molecule has 1 aliphatic rings. The number of benzene rings is 1. The summed E-state index contributed by atoms with van der Waals surface area (Å²) in [6.45, 7) is 1.73. The molecule has 1 saturated carbocycles.